The van der Waals surface area contributed by atoms with E-state index in [0.717, 1.165) is 24.3 Å². The fourth-order valence-electron chi connectivity index (χ4n) is 0.0817. The van der Waals surface area contributed by atoms with Gasteiger partial charge >= 0.3 is 0 Å². The lowest BCUT2D eigenvalue weighted by molar-refractivity contribution is 1.20. The van der Waals surface area contributed by atoms with Crippen LogP contribution in [0.25, 0.3) is 0 Å². The molecule has 50 valence electrons. The van der Waals surface area contributed by atoms with Crippen molar-refractivity contribution in [3.05, 3.63) is 0 Å². The molecule has 0 aliphatic heterocycles. The van der Waals surface area contributed by atoms with Crippen LogP contribution in [0.2, 0.25) is 0 Å². The van der Waals surface area contributed by atoms with Crippen molar-refractivity contribution < 1.29 is 0 Å². The molecule has 0 aromatic rings. The molecule has 0 aromatic carbocycles. The highest BCUT2D eigenvalue weighted by Crippen LogP contribution is 2.26. The van der Waals surface area contributed by atoms with Gasteiger partial charge in [-0.3, -0.25) is 5.14 Å². The van der Waals surface area contributed by atoms with Crippen LogP contribution >= 0.6 is 62.7 Å². The van der Waals surface area contributed by atoms with Gasteiger partial charge in [0.25, 0.3) is 0 Å². The molecular formula is H5N3S5. The van der Waals surface area contributed by atoms with Crippen LogP contribution in [0, 0.1) is 0 Å². The Balaban J connectivity index is 3.10. The molecule has 0 aromatic heterocycles. The standard InChI is InChI=1S/H5N3S5/c1-7-3(6)8-2(4)5/h4-6H,1H2. The zero-order valence-corrected chi connectivity index (χ0v) is 7.95. The number of nitrogens with zero attached hydrogens (tertiary/aromatic N) is 2. The molecule has 0 aliphatic rings. The maximum Gasteiger partial charge on any atom is 0.0541 e. The molecule has 3 nitrogen and oxygen atoms in total. The van der Waals surface area contributed by atoms with Crippen molar-refractivity contribution in [3.8, 4) is 0 Å². The number of nitrogens with two attached hydrogens (primary N) is 1. The van der Waals surface area contributed by atoms with Crippen molar-refractivity contribution in [1.29, 1.82) is 0 Å². The van der Waals surface area contributed by atoms with E-state index in [1.54, 1.807) is 0 Å². The number of hydrogen-bond donors (Lipinski definition) is 4. The average Bonchev–Trinajstić information content (AvgIpc) is 1.65. The van der Waals surface area contributed by atoms with Crippen LogP contribution in [0.4, 0.5) is 0 Å². The summed E-state index contributed by atoms with van der Waals surface area (Å²) in [5.74, 6) is 0. The van der Waals surface area contributed by atoms with Crippen LogP contribution in [-0.4, -0.2) is 6.23 Å². The van der Waals surface area contributed by atoms with Gasteiger partial charge < -0.3 is 0 Å². The fourth-order valence-corrected chi connectivity index (χ4v) is 1.86. The molecule has 0 spiro atoms. The van der Waals surface area contributed by atoms with Crippen LogP contribution < -0.4 is 5.14 Å². The van der Waals surface area contributed by atoms with Crippen LogP contribution in [0.5, 0.6) is 0 Å². The Bertz CT molecular complexity index is 53.6. The molecule has 8 heteroatoms. The SMILES string of the molecule is NSN(S)SN(S)S. The molecular weight excluding hydrogens is 202 g/mol. The molecule has 0 amide bonds. The fraction of sp³-hybridized carbons (Fsp3) is 0. The van der Waals surface area contributed by atoms with Gasteiger partial charge in [0.15, 0.2) is 0 Å². The van der Waals surface area contributed by atoms with Gasteiger partial charge in [-0.15, -0.1) is 6.23 Å². The van der Waals surface area contributed by atoms with E-state index in [1.165, 1.54) is 6.23 Å². The summed E-state index contributed by atoms with van der Waals surface area (Å²) in [6, 6.07) is 0. The molecule has 0 heterocycles. The van der Waals surface area contributed by atoms with E-state index in [0.29, 0.717) is 0 Å². The van der Waals surface area contributed by atoms with Gasteiger partial charge in [0.05, 0.1) is 12.1 Å². The maximum atomic E-state index is 5.07. The molecule has 0 saturated carbocycles. The normalized spacial score (nSPS) is 11.2. The first-order valence-corrected chi connectivity index (χ1v) is 4.15. The number of hydrogen-bond acceptors (Lipinski definition) is 8. The molecule has 0 saturated heterocycles. The van der Waals surface area contributed by atoms with E-state index in [-0.39, 0.29) is 0 Å². The van der Waals surface area contributed by atoms with Gasteiger partial charge in [0.2, 0.25) is 0 Å². The summed E-state index contributed by atoms with van der Waals surface area (Å²) in [6.45, 7) is 0. The van der Waals surface area contributed by atoms with E-state index in [1.807, 2.05) is 0 Å². The summed E-state index contributed by atoms with van der Waals surface area (Å²) < 4.78 is 2.69. The van der Waals surface area contributed by atoms with Crippen LogP contribution in [-0.2, 0) is 0 Å². The van der Waals surface area contributed by atoms with Crippen molar-refractivity contribution >= 4 is 62.7 Å². The van der Waals surface area contributed by atoms with Crippen molar-refractivity contribution in [3.63, 3.8) is 0 Å². The first-order valence-electron chi connectivity index (χ1n) is 1.38. The van der Waals surface area contributed by atoms with Crippen LogP contribution in [0.1, 0.15) is 0 Å². The minimum atomic E-state index is 0.974. The minimum Gasteiger partial charge on any atom is -0.263 e. The molecule has 0 unspecified atom stereocenters. The average molecular weight is 207 g/mol. The van der Waals surface area contributed by atoms with E-state index in [4.69, 9.17) is 5.14 Å². The van der Waals surface area contributed by atoms with E-state index in [9.17, 15) is 0 Å². The van der Waals surface area contributed by atoms with E-state index < -0.39 is 0 Å². The Morgan fingerprint density at radius 3 is 1.88 bits per heavy atom. The van der Waals surface area contributed by atoms with Gasteiger partial charge in [-0.1, -0.05) is 38.4 Å². The summed E-state index contributed by atoms with van der Waals surface area (Å²) in [4.78, 5) is 0. The minimum absolute atomic E-state index is 0.974. The quantitative estimate of drug-likeness (QED) is 0.413. The van der Waals surface area contributed by atoms with Crippen molar-refractivity contribution in [2.24, 2.45) is 5.14 Å². The summed E-state index contributed by atoms with van der Waals surface area (Å²) in [5, 5.41) is 5.07. The van der Waals surface area contributed by atoms with Crippen LogP contribution in [0.3, 0.4) is 0 Å². The first-order chi connectivity index (χ1) is 3.66. The summed E-state index contributed by atoms with van der Waals surface area (Å²) in [5.41, 5.74) is 0. The smallest absolute Gasteiger partial charge is 0.0541 e. The predicted octanol–water partition coefficient (Wildman–Crippen LogP) is 1.21. The second kappa shape index (κ2) is 5.42. The zero-order valence-electron chi connectivity index (χ0n) is 3.63. The van der Waals surface area contributed by atoms with E-state index >= 15 is 0 Å². The molecule has 2 N–H and O–H groups in total. The topological polar surface area (TPSA) is 32.5 Å². The third kappa shape index (κ3) is 5.76. The molecule has 8 heavy (non-hydrogen) atoms. The molecule has 0 fully saturated rings. The van der Waals surface area contributed by atoms with Gasteiger partial charge in [0, 0.05) is 12.1 Å². The van der Waals surface area contributed by atoms with Crippen molar-refractivity contribution in [1.82, 2.24) is 6.23 Å². The second-order valence-corrected chi connectivity index (χ2v) is 4.98. The van der Waals surface area contributed by atoms with Gasteiger partial charge in [-0.05, 0) is 0 Å². The maximum absolute atomic E-state index is 5.07. The Morgan fingerprint density at radius 2 is 1.75 bits per heavy atom. The van der Waals surface area contributed by atoms with Crippen molar-refractivity contribution in [2.75, 3.05) is 0 Å². The second-order valence-electron chi connectivity index (χ2n) is 0.678. The molecule has 0 bridgehead atoms. The third-order valence-electron chi connectivity index (χ3n) is 0.233. The molecule has 0 atom stereocenters. The highest BCUT2D eigenvalue weighted by atomic mass is 32.3. The number of thiol groups is 3. The van der Waals surface area contributed by atoms with E-state index in [2.05, 4.69) is 38.4 Å². The largest absolute Gasteiger partial charge is 0.263 e. The highest BCUT2D eigenvalue weighted by molar-refractivity contribution is 8.25. The summed E-state index contributed by atoms with van der Waals surface area (Å²) in [6.07, 6.45) is 0. The highest BCUT2D eigenvalue weighted by Gasteiger charge is 1.99. The first kappa shape index (κ1) is 9.63. The lowest BCUT2D eigenvalue weighted by Gasteiger charge is -2.10. The zero-order chi connectivity index (χ0) is 6.57. The van der Waals surface area contributed by atoms with Gasteiger partial charge in [-0.25, -0.2) is 0 Å². The molecule has 0 aliphatic carbocycles. The summed E-state index contributed by atoms with van der Waals surface area (Å²) >= 11 is 13.6. The predicted molar refractivity (Wildman–Crippen MR) is 50.0 cm³/mol. The molecule has 0 rings (SSSR count). The third-order valence-corrected chi connectivity index (χ3v) is 2.10. The Morgan fingerprint density at radius 1 is 1.25 bits per heavy atom. The van der Waals surface area contributed by atoms with Crippen molar-refractivity contribution in [2.45, 2.75) is 0 Å². The Labute approximate surface area is 73.9 Å². The Kier molecular flexibility index (Phi) is 6.52. The lowest BCUT2D eigenvalue weighted by atomic mass is 13.8. The lowest BCUT2D eigenvalue weighted by Crippen LogP contribution is -1.98. The van der Waals surface area contributed by atoms with Gasteiger partial charge in [-0.2, -0.15) is 0 Å². The molecule has 0 radical (unpaired) electrons. The number of rotatable bonds is 3. The monoisotopic (exact) mass is 207 g/mol. The summed E-state index contributed by atoms with van der Waals surface area (Å²) in [7, 11) is 0. The van der Waals surface area contributed by atoms with Crippen LogP contribution in [0.15, 0.2) is 0 Å². The van der Waals surface area contributed by atoms with Gasteiger partial charge in [0.1, 0.15) is 0 Å². The Hall–Kier alpha value is 1.63.